The lowest BCUT2D eigenvalue weighted by atomic mass is 10.1. The molecule has 0 saturated carbocycles. The molecule has 4 rings (SSSR count). The zero-order chi connectivity index (χ0) is 20.4. The molecule has 1 saturated heterocycles. The van der Waals surface area contributed by atoms with Crippen LogP contribution in [0.15, 0.2) is 59.7 Å². The van der Waals surface area contributed by atoms with Crippen LogP contribution in [0, 0.1) is 6.92 Å². The number of carbonyl (C=O) groups is 2. The first-order valence-corrected chi connectivity index (χ1v) is 9.61. The Balaban J connectivity index is 1.42. The van der Waals surface area contributed by atoms with Crippen molar-refractivity contribution in [2.45, 2.75) is 13.5 Å². The quantitative estimate of drug-likeness (QED) is 0.682. The van der Waals surface area contributed by atoms with Crippen molar-refractivity contribution in [1.29, 1.82) is 0 Å². The fraction of sp³-hybridized carbons (Fsp3) is 0.273. The summed E-state index contributed by atoms with van der Waals surface area (Å²) < 4.78 is 1.35. The number of piperazine rings is 1. The molecular formula is C22H22N4O3. The van der Waals surface area contributed by atoms with E-state index in [1.165, 1.54) is 10.9 Å². The van der Waals surface area contributed by atoms with Crippen molar-refractivity contribution in [2.24, 2.45) is 0 Å². The summed E-state index contributed by atoms with van der Waals surface area (Å²) in [5.74, 6) is -0.171. The van der Waals surface area contributed by atoms with Crippen LogP contribution in [0.4, 0.5) is 0 Å². The number of carbonyl (C=O) groups excluding carboxylic acids is 2. The molecule has 0 radical (unpaired) electrons. The SMILES string of the molecule is Cc1cccc2c(=O)n(CC(=O)N3CCN(C(=O)c4ccccc4)CC3)cnc12. The summed E-state index contributed by atoms with van der Waals surface area (Å²) in [7, 11) is 0. The minimum Gasteiger partial charge on any atom is -0.338 e. The van der Waals surface area contributed by atoms with Gasteiger partial charge in [0.25, 0.3) is 11.5 Å². The van der Waals surface area contributed by atoms with Gasteiger partial charge < -0.3 is 9.80 Å². The Labute approximate surface area is 168 Å². The van der Waals surface area contributed by atoms with Crippen molar-refractivity contribution in [2.75, 3.05) is 26.2 Å². The number of fused-ring (bicyclic) bond motifs is 1. The van der Waals surface area contributed by atoms with E-state index in [0.29, 0.717) is 42.6 Å². The molecular weight excluding hydrogens is 368 g/mol. The van der Waals surface area contributed by atoms with E-state index in [-0.39, 0.29) is 23.9 Å². The van der Waals surface area contributed by atoms with Crippen molar-refractivity contribution >= 4 is 22.7 Å². The number of hydrogen-bond donors (Lipinski definition) is 0. The molecule has 7 nitrogen and oxygen atoms in total. The zero-order valence-electron chi connectivity index (χ0n) is 16.2. The standard InChI is InChI=1S/C22H22N4O3/c1-16-6-5-9-18-20(16)23-15-26(22(18)29)14-19(27)24-10-12-25(13-11-24)21(28)17-7-3-2-4-8-17/h2-9,15H,10-14H2,1H3. The van der Waals surface area contributed by atoms with Crippen molar-refractivity contribution in [3.05, 3.63) is 76.3 Å². The highest BCUT2D eigenvalue weighted by molar-refractivity contribution is 5.94. The highest BCUT2D eigenvalue weighted by atomic mass is 16.2. The lowest BCUT2D eigenvalue weighted by Crippen LogP contribution is -2.51. The molecule has 0 aliphatic carbocycles. The smallest absolute Gasteiger partial charge is 0.261 e. The lowest BCUT2D eigenvalue weighted by molar-refractivity contribution is -0.133. The third kappa shape index (κ3) is 3.76. The van der Waals surface area contributed by atoms with Crippen LogP contribution >= 0.6 is 0 Å². The van der Waals surface area contributed by atoms with Crippen LogP contribution in [-0.4, -0.2) is 57.3 Å². The van der Waals surface area contributed by atoms with Crippen LogP contribution in [-0.2, 0) is 11.3 Å². The third-order valence-corrected chi connectivity index (χ3v) is 5.30. The van der Waals surface area contributed by atoms with Crippen LogP contribution < -0.4 is 5.56 Å². The van der Waals surface area contributed by atoms with Gasteiger partial charge in [0, 0.05) is 31.7 Å². The number of hydrogen-bond acceptors (Lipinski definition) is 4. The first-order valence-electron chi connectivity index (χ1n) is 9.61. The fourth-order valence-electron chi connectivity index (χ4n) is 3.62. The molecule has 0 N–H and O–H groups in total. The van der Waals surface area contributed by atoms with E-state index in [1.54, 1.807) is 28.0 Å². The maximum Gasteiger partial charge on any atom is 0.261 e. The maximum atomic E-state index is 12.7. The maximum absolute atomic E-state index is 12.7. The van der Waals surface area contributed by atoms with Crippen LogP contribution in [0.5, 0.6) is 0 Å². The summed E-state index contributed by atoms with van der Waals surface area (Å²) in [6.45, 7) is 3.70. The molecule has 148 valence electrons. The summed E-state index contributed by atoms with van der Waals surface area (Å²) in [6.07, 6.45) is 1.44. The second kappa shape index (κ2) is 7.87. The van der Waals surface area contributed by atoms with Gasteiger partial charge in [-0.25, -0.2) is 4.98 Å². The van der Waals surface area contributed by atoms with Crippen LogP contribution in [0.2, 0.25) is 0 Å². The summed E-state index contributed by atoms with van der Waals surface area (Å²) in [5.41, 5.74) is 2.02. The molecule has 2 heterocycles. The second-order valence-electron chi connectivity index (χ2n) is 7.19. The van der Waals surface area contributed by atoms with E-state index >= 15 is 0 Å². The number of rotatable bonds is 3. The summed E-state index contributed by atoms with van der Waals surface area (Å²) in [5, 5.41) is 0.513. The van der Waals surface area contributed by atoms with Crippen molar-refractivity contribution in [3.63, 3.8) is 0 Å². The Morgan fingerprint density at radius 2 is 1.62 bits per heavy atom. The predicted octanol–water partition coefficient (Wildman–Crippen LogP) is 1.69. The molecule has 1 aliphatic rings. The summed E-state index contributed by atoms with van der Waals surface area (Å²) in [6, 6.07) is 14.6. The van der Waals surface area contributed by atoms with Crippen LogP contribution in [0.25, 0.3) is 10.9 Å². The fourth-order valence-corrected chi connectivity index (χ4v) is 3.62. The van der Waals surface area contributed by atoms with Gasteiger partial charge in [0.1, 0.15) is 6.54 Å². The van der Waals surface area contributed by atoms with Crippen molar-refractivity contribution in [1.82, 2.24) is 19.4 Å². The summed E-state index contributed by atoms with van der Waals surface area (Å²) in [4.78, 5) is 45.7. The average molecular weight is 390 g/mol. The van der Waals surface area contributed by atoms with E-state index in [4.69, 9.17) is 0 Å². The van der Waals surface area contributed by atoms with Gasteiger partial charge in [-0.15, -0.1) is 0 Å². The predicted molar refractivity (Wildman–Crippen MR) is 110 cm³/mol. The molecule has 0 bridgehead atoms. The Morgan fingerprint density at radius 1 is 0.931 bits per heavy atom. The van der Waals surface area contributed by atoms with Gasteiger partial charge >= 0.3 is 0 Å². The minimum absolute atomic E-state index is 0.0250. The van der Waals surface area contributed by atoms with Gasteiger partial charge in [-0.3, -0.25) is 19.0 Å². The Bertz CT molecular complexity index is 1120. The third-order valence-electron chi connectivity index (χ3n) is 5.30. The minimum atomic E-state index is -0.218. The molecule has 1 fully saturated rings. The monoisotopic (exact) mass is 390 g/mol. The van der Waals surface area contributed by atoms with Gasteiger partial charge in [-0.1, -0.05) is 30.3 Å². The molecule has 2 aromatic carbocycles. The van der Waals surface area contributed by atoms with E-state index in [9.17, 15) is 14.4 Å². The molecule has 0 unspecified atom stereocenters. The Hall–Kier alpha value is -3.48. The van der Waals surface area contributed by atoms with Gasteiger partial charge in [-0.2, -0.15) is 0 Å². The topological polar surface area (TPSA) is 75.5 Å². The van der Waals surface area contributed by atoms with Crippen LogP contribution in [0.1, 0.15) is 15.9 Å². The van der Waals surface area contributed by atoms with E-state index in [0.717, 1.165) is 5.56 Å². The molecule has 7 heteroatoms. The Kier molecular flexibility index (Phi) is 5.12. The lowest BCUT2D eigenvalue weighted by Gasteiger charge is -2.35. The number of para-hydroxylation sites is 1. The van der Waals surface area contributed by atoms with E-state index in [2.05, 4.69) is 4.98 Å². The van der Waals surface area contributed by atoms with Gasteiger partial charge in [-0.05, 0) is 30.7 Å². The average Bonchev–Trinajstić information content (AvgIpc) is 2.76. The first kappa shape index (κ1) is 18.9. The number of nitrogens with zero attached hydrogens (tertiary/aromatic N) is 4. The van der Waals surface area contributed by atoms with Gasteiger partial charge in [0.15, 0.2) is 0 Å². The highest BCUT2D eigenvalue weighted by Crippen LogP contribution is 2.12. The number of benzene rings is 2. The number of amides is 2. The molecule has 1 aromatic heterocycles. The zero-order valence-corrected chi connectivity index (χ0v) is 16.2. The molecule has 29 heavy (non-hydrogen) atoms. The van der Waals surface area contributed by atoms with E-state index in [1.807, 2.05) is 37.3 Å². The largest absolute Gasteiger partial charge is 0.338 e. The van der Waals surface area contributed by atoms with Gasteiger partial charge in [0.2, 0.25) is 5.91 Å². The molecule has 0 spiro atoms. The number of aryl methyl sites for hydroxylation is 1. The second-order valence-corrected chi connectivity index (χ2v) is 7.19. The first-order chi connectivity index (χ1) is 14.0. The highest BCUT2D eigenvalue weighted by Gasteiger charge is 2.25. The number of aromatic nitrogens is 2. The molecule has 1 aliphatic heterocycles. The molecule has 2 amide bonds. The molecule has 0 atom stereocenters. The van der Waals surface area contributed by atoms with Crippen molar-refractivity contribution < 1.29 is 9.59 Å². The van der Waals surface area contributed by atoms with E-state index < -0.39 is 0 Å². The Morgan fingerprint density at radius 3 is 2.34 bits per heavy atom. The normalized spacial score (nSPS) is 14.2. The molecule has 3 aromatic rings. The van der Waals surface area contributed by atoms with Gasteiger partial charge in [0.05, 0.1) is 17.2 Å². The summed E-state index contributed by atoms with van der Waals surface area (Å²) >= 11 is 0. The van der Waals surface area contributed by atoms with Crippen molar-refractivity contribution in [3.8, 4) is 0 Å². The van der Waals surface area contributed by atoms with Crippen LogP contribution in [0.3, 0.4) is 0 Å².